The Morgan fingerprint density at radius 3 is 2.71 bits per heavy atom. The van der Waals surface area contributed by atoms with E-state index in [1.165, 1.54) is 24.3 Å². The summed E-state index contributed by atoms with van der Waals surface area (Å²) in [5, 5.41) is 9.09. The Kier molecular flexibility index (Phi) is 8.80. The van der Waals surface area contributed by atoms with E-state index in [-0.39, 0.29) is 47.7 Å². The number of rotatable bonds is 7. The predicted molar refractivity (Wildman–Crippen MR) is 153 cm³/mol. The minimum absolute atomic E-state index is 0.00139. The Morgan fingerprint density at radius 2 is 2.02 bits per heavy atom. The Hall–Kier alpha value is -3.56. The van der Waals surface area contributed by atoms with Gasteiger partial charge >= 0.3 is 12.2 Å². The number of anilines is 2. The van der Waals surface area contributed by atoms with Gasteiger partial charge in [-0.1, -0.05) is 24.2 Å². The number of aromatic nitrogens is 2. The molecule has 0 radical (unpaired) electrons. The Labute approximate surface area is 248 Å². The molecular formula is C29H33ClF3N7O2. The molecule has 4 heterocycles. The number of hydrogen-bond acceptors (Lipinski definition) is 8. The van der Waals surface area contributed by atoms with E-state index in [9.17, 15) is 23.2 Å². The van der Waals surface area contributed by atoms with E-state index in [1.54, 1.807) is 9.80 Å². The van der Waals surface area contributed by atoms with Crippen molar-refractivity contribution in [3.8, 4) is 12.1 Å². The fourth-order valence-electron chi connectivity index (χ4n) is 6.07. The van der Waals surface area contributed by atoms with Crippen LogP contribution >= 0.6 is 11.6 Å². The first-order valence-electron chi connectivity index (χ1n) is 14.0. The standard InChI is InChI=1S/C29H33ClF3N7O2/c1-3-25(41)40-15-14-39(16-19(40)9-11-34)27-21-10-13-38(24-8-4-7-22(30)26(24)29(31,32)33)17-23(21)35-28(36-27)42-18-20-6-5-12-37(20)2/h3-4,7-8,19-20H,1,5-6,9-10,12-18H2,2H3/t19-,20-/m0/s1. The zero-order valence-corrected chi connectivity index (χ0v) is 24.2. The first-order chi connectivity index (χ1) is 20.1. The van der Waals surface area contributed by atoms with Gasteiger partial charge in [0.1, 0.15) is 12.4 Å². The second kappa shape index (κ2) is 12.4. The lowest BCUT2D eigenvalue weighted by Crippen LogP contribution is -2.55. The molecule has 3 aliphatic rings. The van der Waals surface area contributed by atoms with Crippen molar-refractivity contribution in [2.75, 3.05) is 56.2 Å². The predicted octanol–water partition coefficient (Wildman–Crippen LogP) is 4.30. The summed E-state index contributed by atoms with van der Waals surface area (Å²) in [6, 6.07) is 6.37. The minimum Gasteiger partial charge on any atom is -0.462 e. The van der Waals surface area contributed by atoms with Crippen LogP contribution in [0.4, 0.5) is 24.7 Å². The summed E-state index contributed by atoms with van der Waals surface area (Å²) in [5.74, 6) is 0.396. The fraction of sp³-hybridized carbons (Fsp3) is 0.517. The van der Waals surface area contributed by atoms with Gasteiger partial charge in [0, 0.05) is 37.8 Å². The zero-order chi connectivity index (χ0) is 30.0. The Balaban J connectivity index is 1.49. The van der Waals surface area contributed by atoms with Crippen LogP contribution in [0.3, 0.4) is 0 Å². The van der Waals surface area contributed by atoms with E-state index in [2.05, 4.69) is 17.5 Å². The van der Waals surface area contributed by atoms with Crippen LogP contribution in [0.25, 0.3) is 0 Å². The van der Waals surface area contributed by atoms with Gasteiger partial charge in [0.25, 0.3) is 0 Å². The SMILES string of the molecule is C=CC(=O)N1CCN(c2nc(OC[C@@H]3CCCN3C)nc3c2CCN(c2cccc(Cl)c2C(F)(F)F)C3)C[C@@H]1CC#N. The maximum absolute atomic E-state index is 14.0. The summed E-state index contributed by atoms with van der Waals surface area (Å²) in [6.45, 7) is 6.59. The van der Waals surface area contributed by atoms with Gasteiger partial charge in [-0.3, -0.25) is 4.79 Å². The molecule has 0 spiro atoms. The van der Waals surface area contributed by atoms with Crippen molar-refractivity contribution >= 4 is 29.0 Å². The van der Waals surface area contributed by atoms with Crippen LogP contribution in [0, 0.1) is 11.3 Å². The maximum atomic E-state index is 14.0. The second-order valence-corrected chi connectivity index (χ2v) is 11.3. The summed E-state index contributed by atoms with van der Waals surface area (Å²) in [6.07, 6.45) is -0.766. The lowest BCUT2D eigenvalue weighted by Gasteiger charge is -2.42. The van der Waals surface area contributed by atoms with E-state index in [0.717, 1.165) is 24.9 Å². The van der Waals surface area contributed by atoms with Crippen LogP contribution in [0.2, 0.25) is 5.02 Å². The van der Waals surface area contributed by atoms with Gasteiger partial charge in [0.05, 0.1) is 47.0 Å². The van der Waals surface area contributed by atoms with Crippen LogP contribution in [0.15, 0.2) is 30.9 Å². The van der Waals surface area contributed by atoms with Gasteiger partial charge in [-0.25, -0.2) is 0 Å². The molecular weight excluding hydrogens is 571 g/mol. The van der Waals surface area contributed by atoms with Crippen molar-refractivity contribution < 1.29 is 22.7 Å². The summed E-state index contributed by atoms with van der Waals surface area (Å²) < 4.78 is 48.1. The molecule has 0 saturated carbocycles. The molecule has 1 amide bonds. The highest BCUT2D eigenvalue weighted by molar-refractivity contribution is 6.31. The highest BCUT2D eigenvalue weighted by Crippen LogP contribution is 2.43. The third-order valence-corrected chi connectivity index (χ3v) is 8.60. The first kappa shape index (κ1) is 29.9. The highest BCUT2D eigenvalue weighted by Gasteiger charge is 2.39. The number of ether oxygens (including phenoxy) is 1. The Morgan fingerprint density at radius 1 is 1.21 bits per heavy atom. The van der Waals surface area contributed by atoms with E-state index in [1.807, 2.05) is 11.9 Å². The van der Waals surface area contributed by atoms with Crippen LogP contribution < -0.4 is 14.5 Å². The summed E-state index contributed by atoms with van der Waals surface area (Å²) in [5.41, 5.74) is 0.538. The molecule has 2 saturated heterocycles. The lowest BCUT2D eigenvalue weighted by molar-refractivity contribution is -0.137. The number of hydrogen-bond donors (Lipinski definition) is 0. The first-order valence-corrected chi connectivity index (χ1v) is 14.4. The van der Waals surface area contributed by atoms with Crippen LogP contribution in [-0.4, -0.2) is 84.1 Å². The molecule has 2 fully saturated rings. The molecule has 0 N–H and O–H groups in total. The van der Waals surface area contributed by atoms with Crippen molar-refractivity contribution in [3.63, 3.8) is 0 Å². The van der Waals surface area contributed by atoms with Crippen LogP contribution in [-0.2, 0) is 23.9 Å². The number of likely N-dealkylation sites (tertiary alicyclic amines) is 1. The molecule has 3 aliphatic heterocycles. The number of nitrogens with zero attached hydrogens (tertiary/aromatic N) is 7. The highest BCUT2D eigenvalue weighted by atomic mass is 35.5. The van der Waals surface area contributed by atoms with Gasteiger partial charge in [-0.2, -0.15) is 28.4 Å². The molecule has 5 rings (SSSR count). The number of alkyl halides is 3. The summed E-state index contributed by atoms with van der Waals surface area (Å²) in [7, 11) is 2.04. The van der Waals surface area contributed by atoms with E-state index in [4.69, 9.17) is 26.3 Å². The molecule has 9 nitrogen and oxygen atoms in total. The second-order valence-electron chi connectivity index (χ2n) is 10.8. The van der Waals surface area contributed by atoms with Crippen molar-refractivity contribution in [2.24, 2.45) is 0 Å². The largest absolute Gasteiger partial charge is 0.462 e. The molecule has 0 unspecified atom stereocenters. The van der Waals surface area contributed by atoms with Crippen molar-refractivity contribution in [3.05, 3.63) is 52.7 Å². The number of halogens is 4. The monoisotopic (exact) mass is 603 g/mol. The maximum Gasteiger partial charge on any atom is 0.419 e. The third kappa shape index (κ3) is 6.13. The van der Waals surface area contributed by atoms with Crippen molar-refractivity contribution in [1.29, 1.82) is 5.26 Å². The molecule has 42 heavy (non-hydrogen) atoms. The van der Waals surface area contributed by atoms with E-state index < -0.39 is 11.7 Å². The van der Waals surface area contributed by atoms with Gasteiger partial charge in [0.2, 0.25) is 5.91 Å². The molecule has 2 aromatic rings. The number of amides is 1. The molecule has 13 heteroatoms. The zero-order valence-electron chi connectivity index (χ0n) is 23.4. The topological polar surface area (TPSA) is 88.8 Å². The fourth-order valence-corrected chi connectivity index (χ4v) is 6.35. The number of benzene rings is 1. The van der Waals surface area contributed by atoms with E-state index in [0.29, 0.717) is 50.7 Å². The van der Waals surface area contributed by atoms with Crippen molar-refractivity contribution in [1.82, 2.24) is 19.8 Å². The number of piperazine rings is 1. The molecule has 0 aliphatic carbocycles. The minimum atomic E-state index is -4.62. The number of fused-ring (bicyclic) bond motifs is 1. The molecule has 0 bridgehead atoms. The molecule has 224 valence electrons. The van der Waals surface area contributed by atoms with Crippen LogP contribution in [0.5, 0.6) is 6.01 Å². The molecule has 1 aromatic carbocycles. The Bertz CT molecular complexity index is 1380. The summed E-state index contributed by atoms with van der Waals surface area (Å²) >= 11 is 6.02. The lowest BCUT2D eigenvalue weighted by atomic mass is 10.0. The van der Waals surface area contributed by atoms with Gasteiger partial charge in [0.15, 0.2) is 0 Å². The molecule has 1 aromatic heterocycles. The quantitative estimate of drug-likeness (QED) is 0.433. The number of carbonyl (C=O) groups is 1. The smallest absolute Gasteiger partial charge is 0.419 e. The average molecular weight is 604 g/mol. The number of likely N-dealkylation sites (N-methyl/N-ethyl adjacent to an activating group) is 1. The number of carbonyl (C=O) groups excluding carboxylic acids is 1. The van der Waals surface area contributed by atoms with Gasteiger partial charge < -0.3 is 24.3 Å². The van der Waals surface area contributed by atoms with Gasteiger partial charge in [-0.15, -0.1) is 0 Å². The van der Waals surface area contributed by atoms with Gasteiger partial charge in [-0.05, 0) is 51.1 Å². The average Bonchev–Trinajstić information content (AvgIpc) is 3.38. The third-order valence-electron chi connectivity index (χ3n) is 8.28. The number of nitriles is 1. The van der Waals surface area contributed by atoms with Crippen LogP contribution in [0.1, 0.15) is 36.1 Å². The van der Waals surface area contributed by atoms with E-state index >= 15 is 0 Å². The normalized spacial score (nSPS) is 21.2. The molecule has 2 atom stereocenters. The summed E-state index contributed by atoms with van der Waals surface area (Å²) in [4.78, 5) is 29.5. The van der Waals surface area contributed by atoms with Crippen molar-refractivity contribution in [2.45, 2.75) is 50.5 Å².